The second kappa shape index (κ2) is 7.75. The number of hydrogen-bond acceptors (Lipinski definition) is 3. The maximum atomic E-state index is 12.0. The molecule has 0 radical (unpaired) electrons. The highest BCUT2D eigenvalue weighted by atomic mass is 16.3. The molecular formula is C18H28N2O2. The van der Waals surface area contributed by atoms with E-state index in [1.165, 1.54) is 22.3 Å². The molecule has 4 heteroatoms. The number of carbonyl (C=O) groups excluding carboxylic acids is 1. The molecule has 4 nitrogen and oxygen atoms in total. The van der Waals surface area contributed by atoms with Gasteiger partial charge in [0, 0.05) is 13.1 Å². The molecule has 1 aliphatic rings. The summed E-state index contributed by atoms with van der Waals surface area (Å²) in [5.74, 6) is 0.0523. The molecule has 1 heterocycles. The van der Waals surface area contributed by atoms with Crippen molar-refractivity contribution in [1.82, 2.24) is 10.2 Å². The summed E-state index contributed by atoms with van der Waals surface area (Å²) in [5.41, 5.74) is 5.21. The van der Waals surface area contributed by atoms with Crippen molar-refractivity contribution in [2.75, 3.05) is 26.2 Å². The minimum atomic E-state index is -0.278. The van der Waals surface area contributed by atoms with Gasteiger partial charge in [-0.05, 0) is 63.3 Å². The second-order valence-electron chi connectivity index (χ2n) is 6.51. The number of piperidine rings is 1. The predicted octanol–water partition coefficient (Wildman–Crippen LogP) is 1.73. The number of nitrogens with zero attached hydrogens (tertiary/aromatic N) is 1. The number of rotatable bonds is 5. The summed E-state index contributed by atoms with van der Waals surface area (Å²) in [4.78, 5) is 14.0. The van der Waals surface area contributed by atoms with Crippen LogP contribution in [0.15, 0.2) is 12.1 Å². The molecule has 1 fully saturated rings. The Kier molecular flexibility index (Phi) is 5.98. The predicted molar refractivity (Wildman–Crippen MR) is 89.0 cm³/mol. The van der Waals surface area contributed by atoms with Crippen LogP contribution in [0.4, 0.5) is 0 Å². The Bertz CT molecular complexity index is 505. The summed E-state index contributed by atoms with van der Waals surface area (Å²) in [6, 6.07) is 4.39. The van der Waals surface area contributed by atoms with E-state index in [4.69, 9.17) is 0 Å². The normalized spacial score (nSPS) is 19.2. The van der Waals surface area contributed by atoms with Gasteiger partial charge >= 0.3 is 0 Å². The van der Waals surface area contributed by atoms with E-state index in [1.807, 2.05) is 4.90 Å². The minimum Gasteiger partial charge on any atom is -0.392 e. The number of amides is 1. The number of aliphatic hydroxyl groups excluding tert-OH is 1. The van der Waals surface area contributed by atoms with E-state index in [9.17, 15) is 9.90 Å². The van der Waals surface area contributed by atoms with Crippen molar-refractivity contribution in [3.63, 3.8) is 0 Å². The summed E-state index contributed by atoms with van der Waals surface area (Å²) in [5, 5.41) is 12.6. The molecule has 22 heavy (non-hydrogen) atoms. The van der Waals surface area contributed by atoms with Crippen LogP contribution >= 0.6 is 0 Å². The van der Waals surface area contributed by atoms with Crippen molar-refractivity contribution in [3.05, 3.63) is 34.4 Å². The number of hydrogen-bond donors (Lipinski definition) is 2. The van der Waals surface area contributed by atoms with Crippen molar-refractivity contribution < 1.29 is 9.90 Å². The monoisotopic (exact) mass is 304 g/mol. The Morgan fingerprint density at radius 2 is 2.00 bits per heavy atom. The van der Waals surface area contributed by atoms with Gasteiger partial charge in [0.15, 0.2) is 0 Å². The first kappa shape index (κ1) is 17.0. The van der Waals surface area contributed by atoms with Crippen LogP contribution in [0.5, 0.6) is 0 Å². The van der Waals surface area contributed by atoms with Gasteiger partial charge in [0.2, 0.25) is 5.91 Å². The summed E-state index contributed by atoms with van der Waals surface area (Å²) >= 11 is 0. The third-order valence-corrected chi connectivity index (χ3v) is 4.39. The minimum absolute atomic E-state index is 0.0523. The lowest BCUT2D eigenvalue weighted by Gasteiger charge is -2.29. The quantitative estimate of drug-likeness (QED) is 0.871. The maximum Gasteiger partial charge on any atom is 0.234 e. The van der Waals surface area contributed by atoms with Crippen LogP contribution < -0.4 is 5.32 Å². The first-order valence-electron chi connectivity index (χ1n) is 8.19. The van der Waals surface area contributed by atoms with E-state index in [0.717, 1.165) is 25.8 Å². The number of carbonyl (C=O) groups is 1. The molecule has 1 saturated heterocycles. The van der Waals surface area contributed by atoms with Gasteiger partial charge in [-0.2, -0.15) is 0 Å². The number of likely N-dealkylation sites (tertiary alicyclic amines) is 1. The molecule has 0 saturated carbocycles. The lowest BCUT2D eigenvalue weighted by Crippen LogP contribution is -2.44. The van der Waals surface area contributed by atoms with Crippen molar-refractivity contribution >= 4 is 5.91 Å². The molecule has 0 bridgehead atoms. The summed E-state index contributed by atoms with van der Waals surface area (Å²) in [6.45, 7) is 8.95. The molecule has 0 spiro atoms. The third kappa shape index (κ3) is 4.82. The van der Waals surface area contributed by atoms with Crippen LogP contribution in [-0.2, 0) is 11.2 Å². The smallest absolute Gasteiger partial charge is 0.234 e. The zero-order chi connectivity index (χ0) is 16.1. The van der Waals surface area contributed by atoms with Crippen LogP contribution in [0.25, 0.3) is 0 Å². The lowest BCUT2D eigenvalue weighted by molar-refractivity contribution is -0.122. The Labute approximate surface area is 133 Å². The molecule has 1 aromatic rings. The van der Waals surface area contributed by atoms with Gasteiger partial charge in [-0.25, -0.2) is 0 Å². The Morgan fingerprint density at radius 1 is 1.32 bits per heavy atom. The summed E-state index contributed by atoms with van der Waals surface area (Å²) in [6.07, 6.45) is 2.41. The van der Waals surface area contributed by atoms with E-state index in [-0.39, 0.29) is 12.0 Å². The van der Waals surface area contributed by atoms with Crippen LogP contribution in [-0.4, -0.2) is 48.2 Å². The highest BCUT2D eigenvalue weighted by Crippen LogP contribution is 2.16. The van der Waals surface area contributed by atoms with Crippen molar-refractivity contribution in [2.24, 2.45) is 0 Å². The first-order chi connectivity index (χ1) is 10.5. The van der Waals surface area contributed by atoms with Gasteiger partial charge < -0.3 is 10.4 Å². The molecule has 1 amide bonds. The van der Waals surface area contributed by atoms with Gasteiger partial charge in [0.25, 0.3) is 0 Å². The fraction of sp³-hybridized carbons (Fsp3) is 0.611. The lowest BCUT2D eigenvalue weighted by atomic mass is 9.97. The van der Waals surface area contributed by atoms with Crippen LogP contribution in [0, 0.1) is 20.8 Å². The van der Waals surface area contributed by atoms with Crippen molar-refractivity contribution in [2.45, 2.75) is 46.1 Å². The molecule has 0 aliphatic carbocycles. The van der Waals surface area contributed by atoms with E-state index < -0.39 is 0 Å². The van der Waals surface area contributed by atoms with E-state index in [1.54, 1.807) is 0 Å². The standard InChI is InChI=1S/C18H28N2O2/c1-13-9-14(2)17(15(3)10-13)6-7-19-18(22)12-20-8-4-5-16(21)11-20/h9-10,16,21H,4-8,11-12H2,1-3H3,(H,19,22). The van der Waals surface area contributed by atoms with Crippen LogP contribution in [0.2, 0.25) is 0 Å². The van der Waals surface area contributed by atoms with Gasteiger partial charge in [-0.15, -0.1) is 0 Å². The average Bonchev–Trinajstić information content (AvgIpc) is 2.41. The summed E-state index contributed by atoms with van der Waals surface area (Å²) in [7, 11) is 0. The topological polar surface area (TPSA) is 52.6 Å². The van der Waals surface area contributed by atoms with E-state index >= 15 is 0 Å². The molecule has 122 valence electrons. The number of benzene rings is 1. The number of nitrogens with one attached hydrogen (secondary N) is 1. The zero-order valence-electron chi connectivity index (χ0n) is 14.0. The number of β-amino-alcohol motifs (C(OH)–C–C–N with tert-alkyl or cyclic N) is 1. The van der Waals surface area contributed by atoms with Gasteiger partial charge in [-0.1, -0.05) is 17.7 Å². The maximum absolute atomic E-state index is 12.0. The molecule has 1 unspecified atom stereocenters. The number of aliphatic hydroxyl groups is 1. The molecule has 1 aliphatic heterocycles. The molecule has 1 atom stereocenters. The van der Waals surface area contributed by atoms with Gasteiger partial charge in [-0.3, -0.25) is 9.69 Å². The first-order valence-corrected chi connectivity index (χ1v) is 8.19. The average molecular weight is 304 g/mol. The molecule has 1 aromatic carbocycles. The Hall–Kier alpha value is -1.39. The van der Waals surface area contributed by atoms with Crippen molar-refractivity contribution in [3.8, 4) is 0 Å². The Balaban J connectivity index is 1.77. The second-order valence-corrected chi connectivity index (χ2v) is 6.51. The highest BCUT2D eigenvalue weighted by Gasteiger charge is 2.19. The van der Waals surface area contributed by atoms with Crippen LogP contribution in [0.3, 0.4) is 0 Å². The summed E-state index contributed by atoms with van der Waals surface area (Å²) < 4.78 is 0. The zero-order valence-corrected chi connectivity index (χ0v) is 14.0. The van der Waals surface area contributed by atoms with Gasteiger partial charge in [0.05, 0.1) is 12.6 Å². The largest absolute Gasteiger partial charge is 0.392 e. The number of aryl methyl sites for hydroxylation is 3. The fourth-order valence-electron chi connectivity index (χ4n) is 3.36. The molecular weight excluding hydrogens is 276 g/mol. The highest BCUT2D eigenvalue weighted by molar-refractivity contribution is 5.78. The van der Waals surface area contributed by atoms with Gasteiger partial charge in [0.1, 0.15) is 0 Å². The molecule has 2 N–H and O–H groups in total. The molecule has 0 aromatic heterocycles. The molecule has 2 rings (SSSR count). The van der Waals surface area contributed by atoms with E-state index in [0.29, 0.717) is 19.6 Å². The Morgan fingerprint density at radius 3 is 2.64 bits per heavy atom. The van der Waals surface area contributed by atoms with E-state index in [2.05, 4.69) is 38.2 Å². The van der Waals surface area contributed by atoms with Crippen molar-refractivity contribution in [1.29, 1.82) is 0 Å². The SMILES string of the molecule is Cc1cc(C)c(CCNC(=O)CN2CCCC(O)C2)c(C)c1. The van der Waals surface area contributed by atoms with Crippen LogP contribution in [0.1, 0.15) is 35.1 Å². The third-order valence-electron chi connectivity index (χ3n) is 4.39. The fourth-order valence-corrected chi connectivity index (χ4v) is 3.36.